The molecule has 0 atom stereocenters. The molecule has 2 aromatic carbocycles. The first-order valence-corrected chi connectivity index (χ1v) is 9.73. The number of hydrogen-bond acceptors (Lipinski definition) is 9. The molecule has 3 aromatic heterocycles. The first-order chi connectivity index (χ1) is 14.7. The number of aromatic nitrogens is 4. The van der Waals surface area contributed by atoms with Gasteiger partial charge in [0.2, 0.25) is 11.6 Å². The Morgan fingerprint density at radius 1 is 0.867 bits per heavy atom. The molecule has 0 unspecified atom stereocenters. The molecule has 0 saturated carbocycles. The summed E-state index contributed by atoms with van der Waals surface area (Å²) in [5, 5.41) is 19.2. The lowest BCUT2D eigenvalue weighted by molar-refractivity contribution is -0.383. The summed E-state index contributed by atoms with van der Waals surface area (Å²) in [7, 11) is 0. The van der Waals surface area contributed by atoms with E-state index in [-0.39, 0.29) is 17.3 Å². The van der Waals surface area contributed by atoms with Gasteiger partial charge in [0.1, 0.15) is 6.33 Å². The first kappa shape index (κ1) is 17.9. The van der Waals surface area contributed by atoms with E-state index in [1.807, 2.05) is 54.6 Å². The van der Waals surface area contributed by atoms with Crippen LogP contribution >= 0.6 is 11.3 Å². The lowest BCUT2D eigenvalue weighted by atomic mass is 10.2. The molecule has 0 amide bonds. The van der Waals surface area contributed by atoms with E-state index >= 15 is 0 Å². The van der Waals surface area contributed by atoms with Crippen LogP contribution in [0.15, 0.2) is 67.1 Å². The summed E-state index contributed by atoms with van der Waals surface area (Å²) in [6, 6.07) is 16.8. The van der Waals surface area contributed by atoms with E-state index in [1.165, 1.54) is 17.7 Å². The van der Waals surface area contributed by atoms with Crippen LogP contribution in [-0.2, 0) is 0 Å². The van der Waals surface area contributed by atoms with Crippen molar-refractivity contribution in [3.8, 4) is 0 Å². The predicted molar refractivity (Wildman–Crippen MR) is 117 cm³/mol. The molecule has 10 heteroatoms. The summed E-state index contributed by atoms with van der Waals surface area (Å²) in [5.74, 6) is 0.143. The van der Waals surface area contributed by atoms with Crippen LogP contribution in [0.3, 0.4) is 0 Å². The number of nitrogens with zero attached hydrogens (tertiary/aromatic N) is 5. The van der Waals surface area contributed by atoms with Gasteiger partial charge in [0.25, 0.3) is 0 Å². The molecule has 5 aromatic rings. The van der Waals surface area contributed by atoms with Gasteiger partial charge in [0.15, 0.2) is 5.13 Å². The molecule has 9 nitrogen and oxygen atoms in total. The van der Waals surface area contributed by atoms with Crippen LogP contribution in [0, 0.1) is 10.1 Å². The fraction of sp³-hybridized carbons (Fsp3) is 0. The molecule has 0 spiro atoms. The van der Waals surface area contributed by atoms with Crippen LogP contribution in [0.1, 0.15) is 0 Å². The lowest BCUT2D eigenvalue weighted by Gasteiger charge is -2.10. The Morgan fingerprint density at radius 3 is 2.50 bits per heavy atom. The Bertz CT molecular complexity index is 1360. The molecular formula is C20H13N7O2S. The summed E-state index contributed by atoms with van der Waals surface area (Å²) in [6.45, 7) is 0. The lowest BCUT2D eigenvalue weighted by Crippen LogP contribution is -2.05. The van der Waals surface area contributed by atoms with Gasteiger partial charge in [-0.25, -0.2) is 15.0 Å². The van der Waals surface area contributed by atoms with Crippen molar-refractivity contribution in [1.29, 1.82) is 0 Å². The number of rotatable bonds is 5. The van der Waals surface area contributed by atoms with Gasteiger partial charge < -0.3 is 10.6 Å². The average Bonchev–Trinajstić information content (AvgIpc) is 3.16. The van der Waals surface area contributed by atoms with Gasteiger partial charge in [-0.05, 0) is 36.4 Å². The monoisotopic (exact) mass is 415 g/mol. The fourth-order valence-electron chi connectivity index (χ4n) is 3.10. The van der Waals surface area contributed by atoms with E-state index in [2.05, 4.69) is 30.6 Å². The maximum atomic E-state index is 11.9. The molecule has 0 aliphatic carbocycles. The topological polar surface area (TPSA) is 119 Å². The highest BCUT2D eigenvalue weighted by molar-refractivity contribution is 7.22. The van der Waals surface area contributed by atoms with E-state index in [0.717, 1.165) is 21.1 Å². The zero-order valence-corrected chi connectivity index (χ0v) is 16.1. The molecule has 0 saturated heterocycles. The zero-order valence-electron chi connectivity index (χ0n) is 15.3. The van der Waals surface area contributed by atoms with Gasteiger partial charge in [0, 0.05) is 17.3 Å². The average molecular weight is 415 g/mol. The fourth-order valence-corrected chi connectivity index (χ4v) is 3.97. The Hall–Kier alpha value is -4.18. The second kappa shape index (κ2) is 7.33. The molecule has 0 fully saturated rings. The number of para-hydroxylation sites is 1. The van der Waals surface area contributed by atoms with Crippen LogP contribution in [0.25, 0.3) is 21.1 Å². The third-order valence-electron chi connectivity index (χ3n) is 4.42. The molecule has 146 valence electrons. The van der Waals surface area contributed by atoms with Crippen molar-refractivity contribution in [3.63, 3.8) is 0 Å². The van der Waals surface area contributed by atoms with Crippen molar-refractivity contribution in [1.82, 2.24) is 19.9 Å². The van der Waals surface area contributed by atoms with Crippen molar-refractivity contribution < 1.29 is 4.92 Å². The quantitative estimate of drug-likeness (QED) is 0.303. The smallest absolute Gasteiger partial charge is 0.334 e. The molecule has 30 heavy (non-hydrogen) atoms. The van der Waals surface area contributed by atoms with Gasteiger partial charge >= 0.3 is 5.69 Å². The maximum absolute atomic E-state index is 11.9. The van der Waals surface area contributed by atoms with Crippen molar-refractivity contribution in [2.75, 3.05) is 10.6 Å². The highest BCUT2D eigenvalue weighted by atomic mass is 32.1. The van der Waals surface area contributed by atoms with Gasteiger partial charge in [-0.3, -0.25) is 15.1 Å². The number of benzene rings is 2. The molecular weight excluding hydrogens is 402 g/mol. The second-order valence-electron chi connectivity index (χ2n) is 6.29. The second-order valence-corrected chi connectivity index (χ2v) is 7.32. The number of nitro groups is 1. The minimum absolute atomic E-state index is 0.0647. The van der Waals surface area contributed by atoms with Crippen LogP contribution in [-0.4, -0.2) is 24.9 Å². The maximum Gasteiger partial charge on any atom is 0.353 e. The molecule has 2 N–H and O–H groups in total. The number of fused-ring (bicyclic) bond motifs is 2. The van der Waals surface area contributed by atoms with Crippen LogP contribution in [0.4, 0.5) is 28.1 Å². The number of pyridine rings is 1. The SMILES string of the molecule is O=[N+]([O-])c1c(Nc2nc3ccccc3s2)ncnc1Nc1cccc2ncccc12. The van der Waals surface area contributed by atoms with Gasteiger partial charge in [0.05, 0.1) is 20.7 Å². The molecule has 5 rings (SSSR count). The normalized spacial score (nSPS) is 10.9. The molecule has 0 aliphatic heterocycles. The van der Waals surface area contributed by atoms with E-state index in [1.54, 1.807) is 6.20 Å². The van der Waals surface area contributed by atoms with Crippen LogP contribution < -0.4 is 10.6 Å². The van der Waals surface area contributed by atoms with Crippen molar-refractivity contribution in [2.45, 2.75) is 0 Å². The van der Waals surface area contributed by atoms with E-state index in [0.29, 0.717) is 10.8 Å². The van der Waals surface area contributed by atoms with Crippen molar-refractivity contribution in [2.24, 2.45) is 0 Å². The summed E-state index contributed by atoms with van der Waals surface area (Å²) in [4.78, 5) is 28.3. The van der Waals surface area contributed by atoms with Gasteiger partial charge in [-0.1, -0.05) is 29.5 Å². The van der Waals surface area contributed by atoms with Crippen molar-refractivity contribution >= 4 is 60.6 Å². The Labute approximate surface area is 173 Å². The standard InChI is InChI=1S/C20H13N7O2S/c28-27(29)17-18(24-14-8-3-7-13-12(14)5-4-10-21-13)22-11-23-19(17)26-20-25-15-6-1-2-9-16(15)30-20/h1-11H,(H2,22,23,24,25,26). The van der Waals surface area contributed by atoms with Crippen molar-refractivity contribution in [3.05, 3.63) is 77.2 Å². The van der Waals surface area contributed by atoms with Crippen LogP contribution in [0.5, 0.6) is 0 Å². The number of nitrogens with one attached hydrogen (secondary N) is 2. The molecule has 3 heterocycles. The first-order valence-electron chi connectivity index (χ1n) is 8.92. The van der Waals surface area contributed by atoms with E-state index in [9.17, 15) is 10.1 Å². The Morgan fingerprint density at radius 2 is 1.67 bits per heavy atom. The Balaban J connectivity index is 1.55. The summed E-state index contributed by atoms with van der Waals surface area (Å²) < 4.78 is 0.971. The summed E-state index contributed by atoms with van der Waals surface area (Å²) in [5.41, 5.74) is 1.97. The summed E-state index contributed by atoms with van der Waals surface area (Å²) in [6.07, 6.45) is 2.97. The third kappa shape index (κ3) is 3.25. The third-order valence-corrected chi connectivity index (χ3v) is 5.37. The summed E-state index contributed by atoms with van der Waals surface area (Å²) >= 11 is 1.39. The Kier molecular flexibility index (Phi) is 4.37. The van der Waals surface area contributed by atoms with E-state index in [4.69, 9.17) is 0 Å². The predicted octanol–water partition coefficient (Wildman–Crippen LogP) is 5.03. The molecule has 0 bridgehead atoms. The highest BCUT2D eigenvalue weighted by Crippen LogP contribution is 2.36. The zero-order chi connectivity index (χ0) is 20.5. The number of hydrogen-bond donors (Lipinski definition) is 2. The molecule has 0 radical (unpaired) electrons. The minimum atomic E-state index is -0.513. The minimum Gasteiger partial charge on any atom is -0.334 e. The van der Waals surface area contributed by atoms with Gasteiger partial charge in [-0.15, -0.1) is 0 Å². The highest BCUT2D eigenvalue weighted by Gasteiger charge is 2.24. The van der Waals surface area contributed by atoms with Gasteiger partial charge in [-0.2, -0.15) is 0 Å². The number of anilines is 4. The molecule has 0 aliphatic rings. The van der Waals surface area contributed by atoms with Crippen LogP contribution in [0.2, 0.25) is 0 Å². The van der Waals surface area contributed by atoms with E-state index < -0.39 is 4.92 Å². The number of thiazole rings is 1. The largest absolute Gasteiger partial charge is 0.353 e.